The molecule has 2 atom stereocenters. The zero-order valence-electron chi connectivity index (χ0n) is 15.3. The summed E-state index contributed by atoms with van der Waals surface area (Å²) < 4.78 is 20.5. The van der Waals surface area contributed by atoms with Crippen LogP contribution >= 0.6 is 0 Å². The van der Waals surface area contributed by atoms with Gasteiger partial charge in [-0.1, -0.05) is 33.1 Å². The Labute approximate surface area is 145 Å². The van der Waals surface area contributed by atoms with E-state index in [-0.39, 0.29) is 6.61 Å². The molecule has 0 radical (unpaired) electrons. The minimum Gasteiger partial charge on any atom is -0.435 e. The molecular formula is C18H32O6. The first-order valence-electron chi connectivity index (χ1n) is 9.19. The van der Waals surface area contributed by atoms with E-state index in [0.717, 1.165) is 32.1 Å². The van der Waals surface area contributed by atoms with E-state index in [9.17, 15) is 9.59 Å². The molecule has 0 amide bonds. The Hall–Kier alpha value is -1.46. The van der Waals surface area contributed by atoms with Gasteiger partial charge in [0.1, 0.15) is 12.2 Å². The summed E-state index contributed by atoms with van der Waals surface area (Å²) in [4.78, 5) is 23.2. The molecule has 6 nitrogen and oxygen atoms in total. The second-order valence-corrected chi connectivity index (χ2v) is 6.62. The molecule has 6 heteroatoms. The van der Waals surface area contributed by atoms with E-state index in [1.54, 1.807) is 6.92 Å². The minimum absolute atomic E-state index is 0.260. The average molecular weight is 344 g/mol. The summed E-state index contributed by atoms with van der Waals surface area (Å²) in [6.07, 6.45) is 5.17. The molecule has 1 rings (SSSR count). The maximum Gasteiger partial charge on any atom is 0.508 e. The van der Waals surface area contributed by atoms with Gasteiger partial charge < -0.3 is 18.9 Å². The number of hydrogen-bond donors (Lipinski definition) is 0. The standard InChI is InChI=1S/C18H32O6/c1-4-21-17(19)23-15-11-7-8-12-16(15)24-18(20)22-13-9-5-6-10-14(2)3/h14-16H,4-13H2,1-3H3. The van der Waals surface area contributed by atoms with Gasteiger partial charge in [-0.2, -0.15) is 0 Å². The Bertz CT molecular complexity index is 369. The highest BCUT2D eigenvalue weighted by molar-refractivity contribution is 5.61. The normalized spacial score (nSPS) is 20.5. The van der Waals surface area contributed by atoms with E-state index >= 15 is 0 Å². The molecule has 0 spiro atoms. The van der Waals surface area contributed by atoms with Crippen LogP contribution in [0.3, 0.4) is 0 Å². The highest BCUT2D eigenvalue weighted by atomic mass is 16.8. The van der Waals surface area contributed by atoms with E-state index < -0.39 is 24.5 Å². The Balaban J connectivity index is 2.23. The summed E-state index contributed by atoms with van der Waals surface area (Å²) in [6.45, 7) is 6.75. The predicted molar refractivity (Wildman–Crippen MR) is 89.9 cm³/mol. The predicted octanol–water partition coefficient (Wildman–Crippen LogP) is 4.84. The summed E-state index contributed by atoms with van der Waals surface area (Å²) in [6, 6.07) is 0. The van der Waals surface area contributed by atoms with E-state index in [4.69, 9.17) is 18.9 Å². The van der Waals surface area contributed by atoms with Crippen LogP contribution in [-0.2, 0) is 18.9 Å². The van der Waals surface area contributed by atoms with Crippen molar-refractivity contribution in [2.45, 2.75) is 84.3 Å². The third-order valence-electron chi connectivity index (χ3n) is 4.05. The topological polar surface area (TPSA) is 71.1 Å². The average Bonchev–Trinajstić information content (AvgIpc) is 2.52. The fourth-order valence-corrected chi connectivity index (χ4v) is 2.75. The van der Waals surface area contributed by atoms with Gasteiger partial charge in [0, 0.05) is 0 Å². The highest BCUT2D eigenvalue weighted by Gasteiger charge is 2.32. The van der Waals surface area contributed by atoms with Gasteiger partial charge >= 0.3 is 12.3 Å². The van der Waals surface area contributed by atoms with Crippen molar-refractivity contribution in [2.24, 2.45) is 5.92 Å². The summed E-state index contributed by atoms with van der Waals surface area (Å²) in [7, 11) is 0. The smallest absolute Gasteiger partial charge is 0.435 e. The van der Waals surface area contributed by atoms with Gasteiger partial charge in [0.2, 0.25) is 0 Å². The van der Waals surface area contributed by atoms with Gasteiger partial charge in [-0.25, -0.2) is 9.59 Å². The first-order valence-corrected chi connectivity index (χ1v) is 9.19. The number of carbonyl (C=O) groups excluding carboxylic acids is 2. The van der Waals surface area contributed by atoms with Gasteiger partial charge in [0.25, 0.3) is 0 Å². The first kappa shape index (κ1) is 20.6. The van der Waals surface area contributed by atoms with Crippen LogP contribution in [0.4, 0.5) is 9.59 Å². The first-order chi connectivity index (χ1) is 11.5. The van der Waals surface area contributed by atoms with Crippen molar-refractivity contribution in [2.75, 3.05) is 13.2 Å². The molecule has 140 valence electrons. The zero-order valence-corrected chi connectivity index (χ0v) is 15.3. The van der Waals surface area contributed by atoms with E-state index in [0.29, 0.717) is 25.4 Å². The lowest BCUT2D eigenvalue weighted by atomic mass is 9.95. The maximum absolute atomic E-state index is 11.8. The SMILES string of the molecule is CCOC(=O)OC1CCCCC1OC(=O)OCCCCCC(C)C. The molecule has 0 saturated heterocycles. The van der Waals surface area contributed by atoms with Crippen LogP contribution in [0.2, 0.25) is 0 Å². The molecule has 2 unspecified atom stereocenters. The molecule has 0 bridgehead atoms. The lowest BCUT2D eigenvalue weighted by Crippen LogP contribution is -2.38. The Morgan fingerprint density at radius 2 is 1.50 bits per heavy atom. The van der Waals surface area contributed by atoms with Crippen LogP contribution < -0.4 is 0 Å². The largest absolute Gasteiger partial charge is 0.508 e. The Kier molecular flexibility index (Phi) is 10.3. The molecule has 0 aromatic heterocycles. The molecule has 0 heterocycles. The van der Waals surface area contributed by atoms with Crippen LogP contribution in [0.1, 0.15) is 72.1 Å². The fraction of sp³-hybridized carbons (Fsp3) is 0.889. The van der Waals surface area contributed by atoms with Crippen LogP contribution in [0.15, 0.2) is 0 Å². The van der Waals surface area contributed by atoms with Crippen LogP contribution in [0, 0.1) is 5.92 Å². The number of hydrogen-bond acceptors (Lipinski definition) is 6. The number of rotatable bonds is 9. The number of ether oxygens (including phenoxy) is 4. The number of unbranched alkanes of at least 4 members (excludes halogenated alkanes) is 2. The quantitative estimate of drug-likeness (QED) is 0.440. The van der Waals surface area contributed by atoms with Crippen molar-refractivity contribution >= 4 is 12.3 Å². The molecule has 24 heavy (non-hydrogen) atoms. The van der Waals surface area contributed by atoms with Crippen molar-refractivity contribution in [3.63, 3.8) is 0 Å². The van der Waals surface area contributed by atoms with Gasteiger partial charge in [-0.05, 0) is 44.9 Å². The summed E-state index contributed by atoms with van der Waals surface area (Å²) in [5.74, 6) is 0.707. The molecule has 1 fully saturated rings. The zero-order chi connectivity index (χ0) is 17.8. The third-order valence-corrected chi connectivity index (χ3v) is 4.05. The number of carbonyl (C=O) groups is 2. The van der Waals surface area contributed by atoms with Crippen LogP contribution in [0.5, 0.6) is 0 Å². The van der Waals surface area contributed by atoms with Gasteiger partial charge in [-0.3, -0.25) is 0 Å². The fourth-order valence-electron chi connectivity index (χ4n) is 2.75. The summed E-state index contributed by atoms with van der Waals surface area (Å²) in [5, 5.41) is 0. The second-order valence-electron chi connectivity index (χ2n) is 6.62. The monoisotopic (exact) mass is 344 g/mol. The van der Waals surface area contributed by atoms with Crippen LogP contribution in [0.25, 0.3) is 0 Å². The van der Waals surface area contributed by atoms with Crippen molar-refractivity contribution in [1.82, 2.24) is 0 Å². The third kappa shape index (κ3) is 8.99. The van der Waals surface area contributed by atoms with Gasteiger partial charge in [0.15, 0.2) is 0 Å². The molecule has 1 aliphatic carbocycles. The maximum atomic E-state index is 11.8. The van der Waals surface area contributed by atoms with Crippen molar-refractivity contribution < 1.29 is 28.5 Å². The molecule has 1 saturated carbocycles. The second kappa shape index (κ2) is 12.0. The van der Waals surface area contributed by atoms with E-state index in [1.165, 1.54) is 6.42 Å². The lowest BCUT2D eigenvalue weighted by molar-refractivity contribution is -0.0705. The highest BCUT2D eigenvalue weighted by Crippen LogP contribution is 2.24. The van der Waals surface area contributed by atoms with Crippen molar-refractivity contribution in [3.05, 3.63) is 0 Å². The minimum atomic E-state index is -0.712. The Morgan fingerprint density at radius 1 is 0.917 bits per heavy atom. The molecule has 0 aliphatic heterocycles. The summed E-state index contributed by atoms with van der Waals surface area (Å²) >= 11 is 0. The molecular weight excluding hydrogens is 312 g/mol. The summed E-state index contributed by atoms with van der Waals surface area (Å²) in [5.41, 5.74) is 0. The molecule has 0 aromatic carbocycles. The van der Waals surface area contributed by atoms with Crippen LogP contribution in [-0.4, -0.2) is 37.7 Å². The van der Waals surface area contributed by atoms with Crippen molar-refractivity contribution in [3.8, 4) is 0 Å². The van der Waals surface area contributed by atoms with E-state index in [1.807, 2.05) is 0 Å². The Morgan fingerprint density at radius 3 is 2.04 bits per heavy atom. The molecule has 1 aliphatic rings. The lowest BCUT2D eigenvalue weighted by Gasteiger charge is -2.29. The van der Waals surface area contributed by atoms with Crippen molar-refractivity contribution in [1.29, 1.82) is 0 Å². The molecule has 0 N–H and O–H groups in total. The van der Waals surface area contributed by atoms with E-state index in [2.05, 4.69) is 13.8 Å². The van der Waals surface area contributed by atoms with Gasteiger partial charge in [-0.15, -0.1) is 0 Å². The van der Waals surface area contributed by atoms with Gasteiger partial charge in [0.05, 0.1) is 13.2 Å². The molecule has 0 aromatic rings.